The van der Waals surface area contributed by atoms with Gasteiger partial charge in [0.1, 0.15) is 5.60 Å². The number of carbonyl (C=O) groups excluding carboxylic acids is 2. The molecule has 0 aromatic rings. The summed E-state index contributed by atoms with van der Waals surface area (Å²) in [6.45, 7) is 7.76. The van der Waals surface area contributed by atoms with Crippen molar-refractivity contribution < 1.29 is 23.8 Å². The highest BCUT2D eigenvalue weighted by molar-refractivity contribution is 5.68. The van der Waals surface area contributed by atoms with E-state index in [1.807, 2.05) is 20.8 Å². The van der Waals surface area contributed by atoms with Crippen LogP contribution in [0.25, 0.3) is 0 Å². The molecule has 0 spiro atoms. The lowest BCUT2D eigenvalue weighted by Crippen LogP contribution is -2.41. The number of carbonyl (C=O) groups is 2. The molecule has 0 aromatic carbocycles. The standard InChI is InChI=1S/C19H34N2O5/c1-19(2,3)26-17(22)20-16-9-7-15(8-10-16)13-24-14-25-18(23)21-11-5-4-6-12-21/h15-16H,4-14H2,1-3H3,(H,20,22). The van der Waals surface area contributed by atoms with Crippen molar-refractivity contribution in [3.05, 3.63) is 0 Å². The summed E-state index contributed by atoms with van der Waals surface area (Å²) in [7, 11) is 0. The lowest BCUT2D eigenvalue weighted by Gasteiger charge is -2.30. The molecule has 2 amide bonds. The second-order valence-corrected chi connectivity index (χ2v) is 8.31. The van der Waals surface area contributed by atoms with Crippen LogP contribution >= 0.6 is 0 Å². The molecule has 7 heteroatoms. The maximum atomic E-state index is 11.9. The first-order valence-electron chi connectivity index (χ1n) is 9.82. The first-order valence-corrected chi connectivity index (χ1v) is 9.82. The maximum Gasteiger partial charge on any atom is 0.411 e. The molecule has 1 saturated heterocycles. The van der Waals surface area contributed by atoms with E-state index >= 15 is 0 Å². The molecule has 7 nitrogen and oxygen atoms in total. The molecule has 2 fully saturated rings. The highest BCUT2D eigenvalue weighted by atomic mass is 16.7. The van der Waals surface area contributed by atoms with E-state index in [-0.39, 0.29) is 25.0 Å². The van der Waals surface area contributed by atoms with Crippen LogP contribution < -0.4 is 5.32 Å². The van der Waals surface area contributed by atoms with E-state index < -0.39 is 5.60 Å². The second-order valence-electron chi connectivity index (χ2n) is 8.31. The monoisotopic (exact) mass is 370 g/mol. The Balaban J connectivity index is 1.53. The molecule has 0 radical (unpaired) electrons. The van der Waals surface area contributed by atoms with Crippen molar-refractivity contribution in [3.63, 3.8) is 0 Å². The fraction of sp³-hybridized carbons (Fsp3) is 0.895. The first kappa shape index (κ1) is 20.8. The van der Waals surface area contributed by atoms with E-state index in [2.05, 4.69) is 5.32 Å². The Kier molecular flexibility index (Phi) is 8.00. The number of ether oxygens (including phenoxy) is 3. The lowest BCUT2D eigenvalue weighted by molar-refractivity contribution is -0.0444. The Morgan fingerprint density at radius 2 is 1.69 bits per heavy atom. The summed E-state index contributed by atoms with van der Waals surface area (Å²) < 4.78 is 16.0. The Labute approximate surface area is 156 Å². The normalized spacial score (nSPS) is 24.0. The molecule has 150 valence electrons. The third-order valence-electron chi connectivity index (χ3n) is 4.80. The molecule has 1 saturated carbocycles. The van der Waals surface area contributed by atoms with E-state index in [4.69, 9.17) is 14.2 Å². The summed E-state index contributed by atoms with van der Waals surface area (Å²) in [5, 5.41) is 2.94. The van der Waals surface area contributed by atoms with E-state index in [1.165, 1.54) is 6.42 Å². The fourth-order valence-electron chi connectivity index (χ4n) is 3.42. The number of nitrogens with one attached hydrogen (secondary N) is 1. The summed E-state index contributed by atoms with van der Waals surface area (Å²) in [5.74, 6) is 0.445. The van der Waals surface area contributed by atoms with Crippen molar-refractivity contribution in [2.45, 2.75) is 77.4 Å². The number of amides is 2. The molecule has 0 atom stereocenters. The maximum absolute atomic E-state index is 11.9. The number of hydrogen-bond acceptors (Lipinski definition) is 5. The zero-order valence-corrected chi connectivity index (χ0v) is 16.4. The smallest absolute Gasteiger partial charge is 0.411 e. The van der Waals surface area contributed by atoms with Gasteiger partial charge in [0.25, 0.3) is 0 Å². The van der Waals surface area contributed by atoms with E-state index in [0.717, 1.165) is 51.6 Å². The molecule has 0 bridgehead atoms. The van der Waals surface area contributed by atoms with Crippen LogP contribution in [0.4, 0.5) is 9.59 Å². The van der Waals surface area contributed by atoms with Gasteiger partial charge < -0.3 is 24.4 Å². The van der Waals surface area contributed by atoms with Gasteiger partial charge in [-0.1, -0.05) is 0 Å². The molecule has 0 unspecified atom stereocenters. The van der Waals surface area contributed by atoms with Crippen molar-refractivity contribution in [1.29, 1.82) is 0 Å². The SMILES string of the molecule is CC(C)(C)OC(=O)NC1CCC(COCOC(=O)N2CCCCC2)CC1. The summed E-state index contributed by atoms with van der Waals surface area (Å²) in [6.07, 6.45) is 6.48. The third-order valence-corrected chi connectivity index (χ3v) is 4.80. The van der Waals surface area contributed by atoms with Crippen molar-refractivity contribution in [3.8, 4) is 0 Å². The molecular formula is C19H34N2O5. The van der Waals surface area contributed by atoms with Gasteiger partial charge in [0.15, 0.2) is 6.79 Å². The zero-order chi connectivity index (χ0) is 19.0. The predicted octanol–water partition coefficient (Wildman–Crippen LogP) is 3.67. The molecule has 2 rings (SSSR count). The Morgan fingerprint density at radius 3 is 2.31 bits per heavy atom. The summed E-state index contributed by atoms with van der Waals surface area (Å²) in [5.41, 5.74) is -0.471. The van der Waals surface area contributed by atoms with Gasteiger partial charge in [0, 0.05) is 19.1 Å². The highest BCUT2D eigenvalue weighted by Gasteiger charge is 2.25. The number of hydrogen-bond donors (Lipinski definition) is 1. The minimum absolute atomic E-state index is 0.0193. The molecule has 1 heterocycles. The number of alkyl carbamates (subject to hydrolysis) is 1. The van der Waals surface area contributed by atoms with Crippen LogP contribution in [0.1, 0.15) is 65.7 Å². The lowest BCUT2D eigenvalue weighted by atomic mass is 9.86. The highest BCUT2D eigenvalue weighted by Crippen LogP contribution is 2.25. The molecule has 26 heavy (non-hydrogen) atoms. The zero-order valence-electron chi connectivity index (χ0n) is 16.4. The largest absolute Gasteiger partial charge is 0.444 e. The summed E-state index contributed by atoms with van der Waals surface area (Å²) in [4.78, 5) is 25.4. The minimum Gasteiger partial charge on any atom is -0.444 e. The van der Waals surface area contributed by atoms with Gasteiger partial charge in [0.2, 0.25) is 0 Å². The number of rotatable bonds is 5. The van der Waals surface area contributed by atoms with Gasteiger partial charge in [-0.3, -0.25) is 0 Å². The van der Waals surface area contributed by atoms with E-state index in [1.54, 1.807) is 4.90 Å². The fourth-order valence-corrected chi connectivity index (χ4v) is 3.42. The Morgan fingerprint density at radius 1 is 1.04 bits per heavy atom. The van der Waals surface area contributed by atoms with Crippen molar-refractivity contribution in [2.75, 3.05) is 26.5 Å². The van der Waals surface area contributed by atoms with Gasteiger partial charge in [0.05, 0.1) is 6.61 Å². The van der Waals surface area contributed by atoms with Gasteiger partial charge in [-0.2, -0.15) is 0 Å². The average molecular weight is 370 g/mol. The van der Waals surface area contributed by atoms with Crippen molar-refractivity contribution in [1.82, 2.24) is 10.2 Å². The van der Waals surface area contributed by atoms with Gasteiger partial charge >= 0.3 is 12.2 Å². The molecular weight excluding hydrogens is 336 g/mol. The number of likely N-dealkylation sites (tertiary alicyclic amines) is 1. The van der Waals surface area contributed by atoms with Crippen LogP contribution in [0.5, 0.6) is 0 Å². The molecule has 1 aliphatic heterocycles. The Bertz CT molecular complexity index is 449. The molecule has 2 aliphatic rings. The topological polar surface area (TPSA) is 77.1 Å². The summed E-state index contributed by atoms with van der Waals surface area (Å²) in [6, 6.07) is 0.165. The van der Waals surface area contributed by atoms with Crippen LogP contribution in [0.2, 0.25) is 0 Å². The van der Waals surface area contributed by atoms with Gasteiger partial charge in [-0.15, -0.1) is 0 Å². The Hall–Kier alpha value is -1.50. The second kappa shape index (κ2) is 10.00. The number of piperidine rings is 1. The van der Waals surface area contributed by atoms with E-state index in [9.17, 15) is 9.59 Å². The summed E-state index contributed by atoms with van der Waals surface area (Å²) >= 11 is 0. The average Bonchev–Trinajstić information content (AvgIpc) is 2.59. The van der Waals surface area contributed by atoms with Crippen LogP contribution in [0, 0.1) is 5.92 Å². The molecule has 1 aliphatic carbocycles. The van der Waals surface area contributed by atoms with E-state index in [0.29, 0.717) is 12.5 Å². The van der Waals surface area contributed by atoms with Crippen LogP contribution in [-0.2, 0) is 14.2 Å². The van der Waals surface area contributed by atoms with Crippen LogP contribution in [0.3, 0.4) is 0 Å². The van der Waals surface area contributed by atoms with Crippen LogP contribution in [-0.4, -0.2) is 55.2 Å². The van der Waals surface area contributed by atoms with Crippen LogP contribution in [0.15, 0.2) is 0 Å². The number of nitrogens with zero attached hydrogens (tertiary/aromatic N) is 1. The first-order chi connectivity index (χ1) is 12.3. The molecule has 1 N–H and O–H groups in total. The minimum atomic E-state index is -0.471. The third kappa shape index (κ3) is 7.81. The molecule has 0 aromatic heterocycles. The van der Waals surface area contributed by atoms with Crippen molar-refractivity contribution >= 4 is 12.2 Å². The predicted molar refractivity (Wildman–Crippen MR) is 97.8 cm³/mol. The van der Waals surface area contributed by atoms with Gasteiger partial charge in [-0.25, -0.2) is 9.59 Å². The quantitative estimate of drug-likeness (QED) is 0.590. The van der Waals surface area contributed by atoms with Gasteiger partial charge in [-0.05, 0) is 71.6 Å². The van der Waals surface area contributed by atoms with Crippen molar-refractivity contribution in [2.24, 2.45) is 5.92 Å².